The van der Waals surface area contributed by atoms with Crippen LogP contribution in [0.5, 0.6) is 5.75 Å². The predicted molar refractivity (Wildman–Crippen MR) is 85.7 cm³/mol. The Bertz CT molecular complexity index is 456. The van der Waals surface area contributed by atoms with E-state index >= 15 is 0 Å². The van der Waals surface area contributed by atoms with E-state index in [1.54, 1.807) is 7.05 Å². The van der Waals surface area contributed by atoms with Crippen LogP contribution in [0.15, 0.2) is 24.3 Å². The maximum Gasteiger partial charge on any atom is 0.257 e. The Morgan fingerprint density at radius 1 is 1.33 bits per heavy atom. The topological polar surface area (TPSA) is 50.4 Å². The molecule has 0 heterocycles. The van der Waals surface area contributed by atoms with Gasteiger partial charge in [-0.25, -0.2) is 0 Å². The summed E-state index contributed by atoms with van der Waals surface area (Å²) in [6, 6.07) is 8.31. The second-order valence-corrected chi connectivity index (χ2v) is 5.82. The number of likely N-dealkylation sites (N-methyl/N-ethyl adjacent to an activating group) is 1. The first-order chi connectivity index (χ1) is 10.2. The van der Waals surface area contributed by atoms with Gasteiger partial charge in [0.15, 0.2) is 6.61 Å². The lowest BCUT2D eigenvalue weighted by Gasteiger charge is -2.29. The number of ether oxygens (including phenoxy) is 1. The molecule has 1 unspecified atom stereocenters. The van der Waals surface area contributed by atoms with Crippen molar-refractivity contribution in [1.82, 2.24) is 5.32 Å². The largest absolute Gasteiger partial charge is 0.484 e. The summed E-state index contributed by atoms with van der Waals surface area (Å²) in [4.78, 5) is 11.2. The Kier molecular flexibility index (Phi) is 5.90. The third kappa shape index (κ3) is 4.96. The Morgan fingerprint density at radius 3 is 2.81 bits per heavy atom. The Labute approximate surface area is 127 Å². The van der Waals surface area contributed by atoms with E-state index in [0.29, 0.717) is 6.04 Å². The van der Waals surface area contributed by atoms with Crippen LogP contribution in [0, 0.1) is 5.92 Å². The molecule has 0 bridgehead atoms. The van der Waals surface area contributed by atoms with Crippen LogP contribution < -0.4 is 15.4 Å². The number of anilines is 1. The van der Waals surface area contributed by atoms with Gasteiger partial charge < -0.3 is 15.4 Å². The standard InChI is InChI=1S/C17H26N2O2/c1-13(14-7-4-3-5-8-14)19-15-9-6-10-16(11-15)21-12-17(20)18-2/h6,9-11,13-14,19H,3-5,7-8,12H2,1-2H3,(H,18,20). The molecule has 0 saturated heterocycles. The monoisotopic (exact) mass is 290 g/mol. The lowest BCUT2D eigenvalue weighted by molar-refractivity contribution is -0.122. The first kappa shape index (κ1) is 15.7. The molecule has 1 amide bonds. The number of rotatable bonds is 6. The van der Waals surface area contributed by atoms with Crippen molar-refractivity contribution in [2.45, 2.75) is 45.1 Å². The van der Waals surface area contributed by atoms with Crippen LogP contribution in [0.4, 0.5) is 5.69 Å². The van der Waals surface area contributed by atoms with Gasteiger partial charge in [-0.2, -0.15) is 0 Å². The summed E-state index contributed by atoms with van der Waals surface area (Å²) in [5.74, 6) is 1.36. The number of hydrogen-bond acceptors (Lipinski definition) is 3. The predicted octanol–water partition coefficient (Wildman–Crippen LogP) is 3.19. The van der Waals surface area contributed by atoms with Gasteiger partial charge in [0.2, 0.25) is 0 Å². The zero-order valence-corrected chi connectivity index (χ0v) is 13.0. The van der Waals surface area contributed by atoms with Crippen molar-refractivity contribution in [1.29, 1.82) is 0 Å². The van der Waals surface area contributed by atoms with Gasteiger partial charge in [0, 0.05) is 24.8 Å². The average Bonchev–Trinajstić information content (AvgIpc) is 2.53. The molecule has 1 aliphatic carbocycles. The quantitative estimate of drug-likeness (QED) is 0.846. The fraction of sp³-hybridized carbons (Fsp3) is 0.588. The molecular weight excluding hydrogens is 264 g/mol. The van der Waals surface area contributed by atoms with Crippen molar-refractivity contribution in [2.75, 3.05) is 19.0 Å². The SMILES string of the molecule is CNC(=O)COc1cccc(NC(C)C2CCCCC2)c1. The average molecular weight is 290 g/mol. The maximum atomic E-state index is 11.2. The van der Waals surface area contributed by atoms with Gasteiger partial charge in [0.1, 0.15) is 5.75 Å². The molecule has 4 heteroatoms. The minimum Gasteiger partial charge on any atom is -0.484 e. The van der Waals surface area contributed by atoms with E-state index in [9.17, 15) is 4.79 Å². The fourth-order valence-electron chi connectivity index (χ4n) is 2.91. The summed E-state index contributed by atoms with van der Waals surface area (Å²) < 4.78 is 5.47. The molecule has 4 nitrogen and oxygen atoms in total. The Hall–Kier alpha value is -1.71. The van der Waals surface area contributed by atoms with Gasteiger partial charge in [0.25, 0.3) is 5.91 Å². The third-order valence-electron chi connectivity index (χ3n) is 4.23. The van der Waals surface area contributed by atoms with Crippen LogP contribution in [0.3, 0.4) is 0 Å². The van der Waals surface area contributed by atoms with E-state index in [1.165, 1.54) is 32.1 Å². The smallest absolute Gasteiger partial charge is 0.257 e. The highest BCUT2D eigenvalue weighted by atomic mass is 16.5. The molecule has 0 radical (unpaired) electrons. The number of hydrogen-bond donors (Lipinski definition) is 2. The van der Waals surface area contributed by atoms with E-state index in [4.69, 9.17) is 4.74 Å². The minimum absolute atomic E-state index is 0.0537. The van der Waals surface area contributed by atoms with Crippen LogP contribution in [-0.4, -0.2) is 25.6 Å². The molecule has 116 valence electrons. The molecule has 1 aliphatic rings. The molecule has 0 aliphatic heterocycles. The molecule has 1 aromatic rings. The van der Waals surface area contributed by atoms with E-state index in [2.05, 4.69) is 17.6 Å². The summed E-state index contributed by atoms with van der Waals surface area (Å²) in [7, 11) is 1.61. The number of nitrogens with one attached hydrogen (secondary N) is 2. The lowest BCUT2D eigenvalue weighted by atomic mass is 9.84. The molecule has 21 heavy (non-hydrogen) atoms. The normalized spacial score (nSPS) is 17.0. The van der Waals surface area contributed by atoms with Gasteiger partial charge in [-0.1, -0.05) is 25.3 Å². The molecule has 2 rings (SSSR count). The highest BCUT2D eigenvalue weighted by molar-refractivity contribution is 5.77. The first-order valence-electron chi connectivity index (χ1n) is 7.89. The van der Waals surface area contributed by atoms with Gasteiger partial charge in [-0.15, -0.1) is 0 Å². The van der Waals surface area contributed by atoms with E-state index < -0.39 is 0 Å². The highest BCUT2D eigenvalue weighted by Gasteiger charge is 2.19. The van der Waals surface area contributed by atoms with Crippen molar-refractivity contribution >= 4 is 11.6 Å². The number of carbonyl (C=O) groups is 1. The summed E-state index contributed by atoms with van der Waals surface area (Å²) in [5.41, 5.74) is 1.06. The van der Waals surface area contributed by atoms with Crippen molar-refractivity contribution < 1.29 is 9.53 Å². The second kappa shape index (κ2) is 7.91. The first-order valence-corrected chi connectivity index (χ1v) is 7.89. The molecule has 1 fully saturated rings. The molecule has 1 aromatic carbocycles. The summed E-state index contributed by atoms with van der Waals surface area (Å²) in [5, 5.41) is 6.12. The van der Waals surface area contributed by atoms with Crippen molar-refractivity contribution in [3.8, 4) is 5.75 Å². The van der Waals surface area contributed by atoms with Crippen LogP contribution in [0.25, 0.3) is 0 Å². The van der Waals surface area contributed by atoms with E-state index in [1.807, 2.05) is 24.3 Å². The lowest BCUT2D eigenvalue weighted by Crippen LogP contribution is -2.27. The third-order valence-corrected chi connectivity index (χ3v) is 4.23. The molecular formula is C17H26N2O2. The number of benzene rings is 1. The highest BCUT2D eigenvalue weighted by Crippen LogP contribution is 2.28. The van der Waals surface area contributed by atoms with Gasteiger partial charge in [-0.05, 0) is 37.8 Å². The molecule has 1 atom stereocenters. The Morgan fingerprint density at radius 2 is 2.10 bits per heavy atom. The summed E-state index contributed by atoms with van der Waals surface area (Å²) in [6.07, 6.45) is 6.73. The zero-order valence-electron chi connectivity index (χ0n) is 13.0. The van der Waals surface area contributed by atoms with Crippen molar-refractivity contribution in [3.63, 3.8) is 0 Å². The minimum atomic E-state index is -0.121. The van der Waals surface area contributed by atoms with Crippen molar-refractivity contribution in [2.24, 2.45) is 5.92 Å². The molecule has 0 spiro atoms. The van der Waals surface area contributed by atoms with E-state index in [-0.39, 0.29) is 12.5 Å². The van der Waals surface area contributed by atoms with Crippen LogP contribution in [0.2, 0.25) is 0 Å². The summed E-state index contributed by atoms with van der Waals surface area (Å²) in [6.45, 7) is 2.31. The van der Waals surface area contributed by atoms with Gasteiger partial charge >= 0.3 is 0 Å². The molecule has 2 N–H and O–H groups in total. The summed E-state index contributed by atoms with van der Waals surface area (Å²) >= 11 is 0. The molecule has 0 aromatic heterocycles. The maximum absolute atomic E-state index is 11.2. The van der Waals surface area contributed by atoms with Crippen molar-refractivity contribution in [3.05, 3.63) is 24.3 Å². The van der Waals surface area contributed by atoms with Crippen LogP contribution in [-0.2, 0) is 4.79 Å². The van der Waals surface area contributed by atoms with Crippen LogP contribution in [0.1, 0.15) is 39.0 Å². The zero-order chi connectivity index (χ0) is 15.1. The number of amides is 1. The van der Waals surface area contributed by atoms with E-state index in [0.717, 1.165) is 17.4 Å². The Balaban J connectivity index is 1.89. The van der Waals surface area contributed by atoms with Gasteiger partial charge in [-0.3, -0.25) is 4.79 Å². The fourth-order valence-corrected chi connectivity index (χ4v) is 2.91. The second-order valence-electron chi connectivity index (χ2n) is 5.82. The molecule has 1 saturated carbocycles. The van der Waals surface area contributed by atoms with Crippen LogP contribution >= 0.6 is 0 Å². The van der Waals surface area contributed by atoms with Gasteiger partial charge in [0.05, 0.1) is 0 Å². The number of carbonyl (C=O) groups excluding carboxylic acids is 1.